The van der Waals surface area contributed by atoms with E-state index < -0.39 is 36.6 Å². The van der Waals surface area contributed by atoms with Gasteiger partial charge in [0.25, 0.3) is 0 Å². The highest BCUT2D eigenvalue weighted by molar-refractivity contribution is 7.92. The minimum atomic E-state index is -4.14. The second-order valence-corrected chi connectivity index (χ2v) is 10.3. The molecule has 2 heterocycles. The van der Waals surface area contributed by atoms with Crippen LogP contribution >= 0.6 is 0 Å². The van der Waals surface area contributed by atoms with Gasteiger partial charge in [0.1, 0.15) is 10.7 Å². The Kier molecular flexibility index (Phi) is 4.96. The van der Waals surface area contributed by atoms with Gasteiger partial charge in [-0.1, -0.05) is 12.1 Å². The number of sulfone groups is 1. The second-order valence-electron chi connectivity index (χ2n) is 6.20. The summed E-state index contributed by atoms with van der Waals surface area (Å²) in [6.07, 6.45) is 1.49. The molecule has 1 aromatic rings. The first-order valence-electron chi connectivity index (χ1n) is 7.88. The van der Waals surface area contributed by atoms with E-state index in [0.29, 0.717) is 13.0 Å². The molecule has 3 rings (SSSR count). The SMILES string of the molecule is O=S1(=O)CC[C@@H](N(C[C@H]2CCCO2)S(=O)(=O)c2ccccc2F)C1. The highest BCUT2D eigenvalue weighted by Crippen LogP contribution is 2.28. The lowest BCUT2D eigenvalue weighted by atomic mass is 10.2. The molecule has 0 spiro atoms. The molecular formula is C15H20FNO5S2. The van der Waals surface area contributed by atoms with Gasteiger partial charge in [-0.3, -0.25) is 0 Å². The zero-order chi connectivity index (χ0) is 17.4. The predicted octanol–water partition coefficient (Wildman–Crippen LogP) is 1.18. The molecule has 0 aromatic heterocycles. The summed E-state index contributed by atoms with van der Waals surface area (Å²) >= 11 is 0. The highest BCUT2D eigenvalue weighted by Gasteiger charge is 2.41. The summed E-state index contributed by atoms with van der Waals surface area (Å²) in [4.78, 5) is -0.424. The number of halogens is 1. The van der Waals surface area contributed by atoms with Crippen LogP contribution in [0.3, 0.4) is 0 Å². The Morgan fingerprint density at radius 1 is 1.25 bits per heavy atom. The van der Waals surface area contributed by atoms with Crippen molar-refractivity contribution < 1.29 is 26.0 Å². The zero-order valence-electron chi connectivity index (χ0n) is 13.1. The molecule has 0 bridgehead atoms. The first kappa shape index (κ1) is 17.8. The van der Waals surface area contributed by atoms with Crippen molar-refractivity contribution in [1.82, 2.24) is 4.31 Å². The summed E-state index contributed by atoms with van der Waals surface area (Å²) in [5, 5.41) is 0. The second kappa shape index (κ2) is 6.70. The quantitative estimate of drug-likeness (QED) is 0.770. The topological polar surface area (TPSA) is 80.8 Å². The molecule has 0 radical (unpaired) electrons. The molecule has 24 heavy (non-hydrogen) atoms. The zero-order valence-corrected chi connectivity index (χ0v) is 14.7. The summed E-state index contributed by atoms with van der Waals surface area (Å²) in [6.45, 7) is 0.609. The third kappa shape index (κ3) is 3.63. The molecule has 2 fully saturated rings. The highest BCUT2D eigenvalue weighted by atomic mass is 32.2. The van der Waals surface area contributed by atoms with Gasteiger partial charge >= 0.3 is 0 Å². The fraction of sp³-hybridized carbons (Fsp3) is 0.600. The van der Waals surface area contributed by atoms with Gasteiger partial charge in [0, 0.05) is 19.2 Å². The van der Waals surface area contributed by atoms with Crippen LogP contribution in [-0.4, -0.2) is 57.9 Å². The maximum Gasteiger partial charge on any atom is 0.246 e. The lowest BCUT2D eigenvalue weighted by Gasteiger charge is -2.29. The van der Waals surface area contributed by atoms with Gasteiger partial charge in [0.05, 0.1) is 17.6 Å². The molecule has 134 valence electrons. The average molecular weight is 377 g/mol. The van der Waals surface area contributed by atoms with Crippen molar-refractivity contribution in [3.8, 4) is 0 Å². The van der Waals surface area contributed by atoms with E-state index in [9.17, 15) is 21.2 Å². The lowest BCUT2D eigenvalue weighted by Crippen LogP contribution is -2.45. The fourth-order valence-electron chi connectivity index (χ4n) is 3.22. The third-order valence-corrected chi connectivity index (χ3v) is 8.15. The number of ether oxygens (including phenoxy) is 1. The van der Waals surface area contributed by atoms with Crippen molar-refractivity contribution in [1.29, 1.82) is 0 Å². The molecule has 9 heteroatoms. The molecule has 6 nitrogen and oxygen atoms in total. The largest absolute Gasteiger partial charge is 0.377 e. The van der Waals surface area contributed by atoms with Crippen LogP contribution in [0.25, 0.3) is 0 Å². The number of hydrogen-bond donors (Lipinski definition) is 0. The van der Waals surface area contributed by atoms with E-state index in [1.165, 1.54) is 18.2 Å². The van der Waals surface area contributed by atoms with Crippen LogP contribution in [0.15, 0.2) is 29.2 Å². The minimum Gasteiger partial charge on any atom is -0.377 e. The molecule has 0 saturated carbocycles. The van der Waals surface area contributed by atoms with Crippen LogP contribution in [0.5, 0.6) is 0 Å². The van der Waals surface area contributed by atoms with Crippen molar-refractivity contribution in [3.05, 3.63) is 30.1 Å². The standard InChI is InChI=1S/C15H20FNO5S2/c16-14-5-1-2-6-15(14)24(20,21)17(10-13-4-3-8-22-13)12-7-9-23(18,19)11-12/h1-2,5-6,12-13H,3-4,7-11H2/t12-,13-/m1/s1. The molecule has 0 N–H and O–H groups in total. The van der Waals surface area contributed by atoms with E-state index in [-0.39, 0.29) is 30.6 Å². The van der Waals surface area contributed by atoms with Crippen LogP contribution in [0, 0.1) is 5.82 Å². The predicted molar refractivity (Wildman–Crippen MR) is 86.3 cm³/mol. The minimum absolute atomic E-state index is 0.0491. The van der Waals surface area contributed by atoms with Crippen molar-refractivity contribution >= 4 is 19.9 Å². The number of nitrogens with zero attached hydrogens (tertiary/aromatic N) is 1. The molecule has 1 aromatic carbocycles. The van der Waals surface area contributed by atoms with Gasteiger partial charge in [0.2, 0.25) is 10.0 Å². The van der Waals surface area contributed by atoms with E-state index >= 15 is 0 Å². The molecular weight excluding hydrogens is 357 g/mol. The number of benzene rings is 1. The van der Waals surface area contributed by atoms with E-state index in [1.807, 2.05) is 0 Å². The monoisotopic (exact) mass is 377 g/mol. The molecule has 0 unspecified atom stereocenters. The molecule has 0 amide bonds. The van der Waals surface area contributed by atoms with Crippen molar-refractivity contribution in [2.45, 2.75) is 36.3 Å². The van der Waals surface area contributed by atoms with Crippen LogP contribution in [0.2, 0.25) is 0 Å². The summed E-state index contributed by atoms with van der Waals surface area (Å²) in [5.74, 6) is -1.12. The first-order valence-corrected chi connectivity index (χ1v) is 11.1. The molecule has 2 aliphatic rings. The summed E-state index contributed by atoms with van der Waals surface area (Å²) in [5.41, 5.74) is 0. The van der Waals surface area contributed by atoms with E-state index in [2.05, 4.69) is 0 Å². The third-order valence-electron chi connectivity index (χ3n) is 4.45. The number of hydrogen-bond acceptors (Lipinski definition) is 5. The van der Waals surface area contributed by atoms with Gasteiger partial charge in [0.15, 0.2) is 9.84 Å². The molecule has 0 aliphatic carbocycles. The fourth-order valence-corrected chi connectivity index (χ4v) is 6.79. The van der Waals surface area contributed by atoms with Gasteiger partial charge in [-0.15, -0.1) is 0 Å². The van der Waals surface area contributed by atoms with Gasteiger partial charge < -0.3 is 4.74 Å². The van der Waals surface area contributed by atoms with Crippen molar-refractivity contribution in [2.75, 3.05) is 24.7 Å². The summed E-state index contributed by atoms with van der Waals surface area (Å²) in [6, 6.07) is 4.48. The maximum absolute atomic E-state index is 14.0. The summed E-state index contributed by atoms with van der Waals surface area (Å²) in [7, 11) is -7.41. The lowest BCUT2D eigenvalue weighted by molar-refractivity contribution is 0.0876. The van der Waals surface area contributed by atoms with Crippen LogP contribution < -0.4 is 0 Å². The number of rotatable bonds is 5. The normalized spacial score (nSPS) is 26.9. The Morgan fingerprint density at radius 2 is 2.00 bits per heavy atom. The number of sulfonamides is 1. The molecule has 2 aliphatic heterocycles. The van der Waals surface area contributed by atoms with E-state index in [1.54, 1.807) is 0 Å². The Labute approximate surface area is 141 Å². The van der Waals surface area contributed by atoms with Gasteiger partial charge in [-0.2, -0.15) is 4.31 Å². The summed E-state index contributed by atoms with van der Waals surface area (Å²) < 4.78 is 70.2. The molecule has 2 atom stereocenters. The van der Waals surface area contributed by atoms with Gasteiger partial charge in [-0.05, 0) is 31.4 Å². The molecule has 2 saturated heterocycles. The Balaban J connectivity index is 1.95. The smallest absolute Gasteiger partial charge is 0.246 e. The van der Waals surface area contributed by atoms with Gasteiger partial charge in [-0.25, -0.2) is 21.2 Å². The van der Waals surface area contributed by atoms with Crippen molar-refractivity contribution in [3.63, 3.8) is 0 Å². The Morgan fingerprint density at radius 3 is 2.58 bits per heavy atom. The Bertz CT molecular complexity index is 803. The Hall–Kier alpha value is -1.03. The van der Waals surface area contributed by atoms with Crippen LogP contribution in [0.4, 0.5) is 4.39 Å². The van der Waals surface area contributed by atoms with Crippen molar-refractivity contribution in [2.24, 2.45) is 0 Å². The van der Waals surface area contributed by atoms with E-state index in [0.717, 1.165) is 16.8 Å². The van der Waals surface area contributed by atoms with Crippen LogP contribution in [-0.2, 0) is 24.6 Å². The van der Waals surface area contributed by atoms with E-state index in [4.69, 9.17) is 4.74 Å². The van der Waals surface area contributed by atoms with Crippen LogP contribution in [0.1, 0.15) is 19.3 Å². The maximum atomic E-state index is 14.0. The average Bonchev–Trinajstić information content (AvgIpc) is 3.14. The first-order chi connectivity index (χ1) is 11.3.